The summed E-state index contributed by atoms with van der Waals surface area (Å²) >= 11 is 1.52. The normalized spacial score (nSPS) is 15.7. The van der Waals surface area contributed by atoms with Crippen LogP contribution < -0.4 is 5.32 Å². The predicted molar refractivity (Wildman–Crippen MR) is 141 cm³/mol. The van der Waals surface area contributed by atoms with Gasteiger partial charge < -0.3 is 14.8 Å². The monoisotopic (exact) mass is 483 g/mol. The smallest absolute Gasteiger partial charge is 0.247 e. The van der Waals surface area contributed by atoms with E-state index in [0.717, 1.165) is 32.6 Å². The van der Waals surface area contributed by atoms with Crippen molar-refractivity contribution in [3.8, 4) is 0 Å². The summed E-state index contributed by atoms with van der Waals surface area (Å²) in [5.41, 5.74) is 5.38. The zero-order valence-corrected chi connectivity index (χ0v) is 20.8. The molecular formula is C29H29N3O2S. The number of hydrogen-bond donors (Lipinski definition) is 1. The maximum absolute atomic E-state index is 13.8. The van der Waals surface area contributed by atoms with Crippen LogP contribution in [0, 0.1) is 6.92 Å². The number of aryl methyl sites for hydroxylation is 2. The maximum atomic E-state index is 13.8. The van der Waals surface area contributed by atoms with Crippen LogP contribution in [0.3, 0.4) is 0 Å². The Labute approximate surface area is 210 Å². The molecule has 2 heterocycles. The largest absolute Gasteiger partial charge is 0.350 e. The van der Waals surface area contributed by atoms with Crippen LogP contribution in [0.1, 0.15) is 28.3 Å². The molecule has 0 radical (unpaired) electrons. The van der Waals surface area contributed by atoms with Gasteiger partial charge in [-0.1, -0.05) is 90.1 Å². The molecule has 1 aliphatic heterocycles. The Kier molecular flexibility index (Phi) is 6.64. The molecule has 0 bridgehead atoms. The molecule has 178 valence electrons. The average molecular weight is 484 g/mol. The molecule has 0 aliphatic carbocycles. The number of nitrogens with one attached hydrogen (secondary N) is 1. The molecule has 0 unspecified atom stereocenters. The number of para-hydroxylation sites is 1. The van der Waals surface area contributed by atoms with Gasteiger partial charge in [-0.25, -0.2) is 0 Å². The molecule has 35 heavy (non-hydrogen) atoms. The van der Waals surface area contributed by atoms with Gasteiger partial charge in [0.05, 0.1) is 10.8 Å². The summed E-state index contributed by atoms with van der Waals surface area (Å²) in [6.45, 7) is 2.96. The predicted octanol–water partition coefficient (Wildman–Crippen LogP) is 5.02. The average Bonchev–Trinajstić information content (AvgIpc) is 3.06. The standard InChI is InChI=1S/C29H29N3O2S/c1-20-12-14-21(15-13-20)16-17-32-25(33)19-35-29-26(23-10-6-7-11-24(23)31(29)2)27(32)28(34)30-18-22-8-4-3-5-9-22/h3-15,27H,16-19H2,1-2H3,(H,30,34)/t27-/m0/s1. The molecule has 0 fully saturated rings. The van der Waals surface area contributed by atoms with Crippen molar-refractivity contribution in [1.82, 2.24) is 14.8 Å². The van der Waals surface area contributed by atoms with E-state index in [4.69, 9.17) is 0 Å². The highest BCUT2D eigenvalue weighted by atomic mass is 32.2. The summed E-state index contributed by atoms with van der Waals surface area (Å²) in [5, 5.41) is 5.12. The molecular weight excluding hydrogens is 454 g/mol. The number of aromatic nitrogens is 1. The van der Waals surface area contributed by atoms with E-state index >= 15 is 0 Å². The Bertz CT molecular complexity index is 1360. The number of carbonyl (C=O) groups excluding carboxylic acids is 2. The Morgan fingerprint density at radius 3 is 2.46 bits per heavy atom. The van der Waals surface area contributed by atoms with Crippen LogP contribution in [0.25, 0.3) is 10.9 Å². The third kappa shape index (κ3) is 4.71. The van der Waals surface area contributed by atoms with Gasteiger partial charge in [0, 0.05) is 36.6 Å². The van der Waals surface area contributed by atoms with Crippen molar-refractivity contribution in [2.45, 2.75) is 31.0 Å². The number of benzene rings is 3. The zero-order valence-electron chi connectivity index (χ0n) is 20.0. The minimum atomic E-state index is -0.687. The summed E-state index contributed by atoms with van der Waals surface area (Å²) in [7, 11) is 2.01. The molecule has 5 nitrogen and oxygen atoms in total. The van der Waals surface area contributed by atoms with E-state index in [1.807, 2.05) is 49.5 Å². The molecule has 6 heteroatoms. The first-order valence-corrected chi connectivity index (χ1v) is 12.9. The van der Waals surface area contributed by atoms with Crippen molar-refractivity contribution >= 4 is 34.5 Å². The molecule has 0 spiro atoms. The molecule has 1 aliphatic rings. The van der Waals surface area contributed by atoms with Gasteiger partial charge in [-0.3, -0.25) is 9.59 Å². The highest BCUT2D eigenvalue weighted by Gasteiger charge is 2.38. The van der Waals surface area contributed by atoms with E-state index in [1.165, 1.54) is 17.3 Å². The lowest BCUT2D eigenvalue weighted by Crippen LogP contribution is -2.44. The molecule has 1 aromatic heterocycles. The summed E-state index contributed by atoms with van der Waals surface area (Å²) in [4.78, 5) is 29.0. The summed E-state index contributed by atoms with van der Waals surface area (Å²) in [6.07, 6.45) is 0.694. The van der Waals surface area contributed by atoms with E-state index in [-0.39, 0.29) is 11.8 Å². The van der Waals surface area contributed by atoms with Crippen molar-refractivity contribution in [2.75, 3.05) is 12.3 Å². The molecule has 1 N–H and O–H groups in total. The van der Waals surface area contributed by atoms with E-state index < -0.39 is 6.04 Å². The first-order valence-electron chi connectivity index (χ1n) is 11.9. The molecule has 0 saturated heterocycles. The lowest BCUT2D eigenvalue weighted by molar-refractivity contribution is -0.138. The molecule has 0 saturated carbocycles. The van der Waals surface area contributed by atoms with Gasteiger partial charge >= 0.3 is 0 Å². The Morgan fingerprint density at radius 2 is 1.69 bits per heavy atom. The lowest BCUT2D eigenvalue weighted by atomic mass is 10.0. The minimum absolute atomic E-state index is 0.0118. The van der Waals surface area contributed by atoms with E-state index in [1.54, 1.807) is 4.90 Å². The second-order valence-corrected chi connectivity index (χ2v) is 9.98. The van der Waals surface area contributed by atoms with Crippen LogP contribution in [-0.4, -0.2) is 33.6 Å². The third-order valence-electron chi connectivity index (χ3n) is 6.65. The van der Waals surface area contributed by atoms with E-state index in [2.05, 4.69) is 53.2 Å². The third-order valence-corrected chi connectivity index (χ3v) is 7.81. The maximum Gasteiger partial charge on any atom is 0.247 e. The number of rotatable bonds is 6. The van der Waals surface area contributed by atoms with Crippen LogP contribution in [0.2, 0.25) is 0 Å². The van der Waals surface area contributed by atoms with Crippen molar-refractivity contribution in [2.24, 2.45) is 7.05 Å². The zero-order chi connectivity index (χ0) is 24.4. The number of carbonyl (C=O) groups is 2. The molecule has 2 amide bonds. The Hall–Kier alpha value is -3.51. The second-order valence-electron chi connectivity index (χ2n) is 9.01. The number of amides is 2. The fourth-order valence-electron chi connectivity index (χ4n) is 4.76. The van der Waals surface area contributed by atoms with Gasteiger partial charge in [-0.05, 0) is 30.5 Å². The highest BCUT2D eigenvalue weighted by Crippen LogP contribution is 2.41. The van der Waals surface area contributed by atoms with Crippen molar-refractivity contribution in [3.05, 3.63) is 101 Å². The van der Waals surface area contributed by atoms with Gasteiger partial charge in [0.2, 0.25) is 11.8 Å². The second kappa shape index (κ2) is 10.0. The van der Waals surface area contributed by atoms with Gasteiger partial charge in [0.1, 0.15) is 6.04 Å². The molecule has 3 aromatic carbocycles. The highest BCUT2D eigenvalue weighted by molar-refractivity contribution is 8.00. The van der Waals surface area contributed by atoms with E-state index in [0.29, 0.717) is 25.3 Å². The van der Waals surface area contributed by atoms with Crippen molar-refractivity contribution in [1.29, 1.82) is 0 Å². The van der Waals surface area contributed by atoms with Crippen LogP contribution in [0.15, 0.2) is 83.9 Å². The minimum Gasteiger partial charge on any atom is -0.350 e. The number of hydrogen-bond acceptors (Lipinski definition) is 3. The van der Waals surface area contributed by atoms with Crippen LogP contribution in [-0.2, 0) is 29.6 Å². The summed E-state index contributed by atoms with van der Waals surface area (Å²) in [6, 6.07) is 25.7. The summed E-state index contributed by atoms with van der Waals surface area (Å²) in [5.74, 6) is 0.154. The Morgan fingerprint density at radius 1 is 0.971 bits per heavy atom. The van der Waals surface area contributed by atoms with Crippen molar-refractivity contribution < 1.29 is 9.59 Å². The lowest BCUT2D eigenvalue weighted by Gasteiger charge is -2.30. The number of fused-ring (bicyclic) bond motifs is 3. The van der Waals surface area contributed by atoms with Crippen molar-refractivity contribution in [3.63, 3.8) is 0 Å². The SMILES string of the molecule is Cc1ccc(CCN2C(=O)CSc3c(c4ccccc4n3C)[C@H]2C(=O)NCc2ccccc2)cc1. The fraction of sp³-hybridized carbons (Fsp3) is 0.241. The molecule has 5 rings (SSSR count). The van der Waals surface area contributed by atoms with Crippen LogP contribution in [0.5, 0.6) is 0 Å². The van der Waals surface area contributed by atoms with Gasteiger partial charge in [-0.2, -0.15) is 0 Å². The number of thioether (sulfide) groups is 1. The molecule has 4 aromatic rings. The van der Waals surface area contributed by atoms with Gasteiger partial charge in [-0.15, -0.1) is 0 Å². The number of nitrogens with zero attached hydrogens (tertiary/aromatic N) is 2. The van der Waals surface area contributed by atoms with Crippen LogP contribution >= 0.6 is 11.8 Å². The fourth-order valence-corrected chi connectivity index (χ4v) is 5.86. The first-order chi connectivity index (χ1) is 17.0. The summed E-state index contributed by atoms with van der Waals surface area (Å²) < 4.78 is 2.11. The molecule has 1 atom stereocenters. The van der Waals surface area contributed by atoms with Gasteiger partial charge in [0.25, 0.3) is 0 Å². The Balaban J connectivity index is 1.53. The first kappa shape index (κ1) is 23.2. The van der Waals surface area contributed by atoms with Crippen LogP contribution in [0.4, 0.5) is 0 Å². The van der Waals surface area contributed by atoms with E-state index in [9.17, 15) is 9.59 Å². The topological polar surface area (TPSA) is 54.3 Å². The quantitative estimate of drug-likeness (QED) is 0.419. The van der Waals surface area contributed by atoms with Gasteiger partial charge in [0.15, 0.2) is 0 Å².